The molecule has 0 unspecified atom stereocenters. The second-order valence-electron chi connectivity index (χ2n) is 4.51. The Hall–Kier alpha value is -1.36. The van der Waals surface area contributed by atoms with Gasteiger partial charge in [-0.2, -0.15) is 5.10 Å². The molecule has 0 radical (unpaired) electrons. The third-order valence-corrected chi connectivity index (χ3v) is 3.32. The Morgan fingerprint density at radius 3 is 2.94 bits per heavy atom. The van der Waals surface area contributed by atoms with E-state index in [4.69, 9.17) is 4.74 Å². The van der Waals surface area contributed by atoms with Crippen molar-refractivity contribution in [2.24, 2.45) is 13.0 Å². The first-order chi connectivity index (χ1) is 8.22. The average Bonchev–Trinajstić information content (AvgIpc) is 2.71. The SMILES string of the molecule is COc1cnn(C)c1C(=O)CC1CCNCC1. The van der Waals surface area contributed by atoms with Crippen LogP contribution < -0.4 is 10.1 Å². The maximum atomic E-state index is 12.2. The first kappa shape index (κ1) is 12.1. The second kappa shape index (κ2) is 5.31. The summed E-state index contributed by atoms with van der Waals surface area (Å²) in [5.41, 5.74) is 0.589. The topological polar surface area (TPSA) is 56.2 Å². The molecule has 1 fully saturated rings. The number of nitrogens with zero attached hydrogens (tertiary/aromatic N) is 2. The smallest absolute Gasteiger partial charge is 0.184 e. The van der Waals surface area contributed by atoms with Gasteiger partial charge in [0.15, 0.2) is 11.5 Å². The first-order valence-electron chi connectivity index (χ1n) is 6.02. The van der Waals surface area contributed by atoms with E-state index >= 15 is 0 Å². The zero-order valence-corrected chi connectivity index (χ0v) is 10.4. The number of carbonyl (C=O) groups excluding carboxylic acids is 1. The van der Waals surface area contributed by atoms with E-state index in [0.29, 0.717) is 23.8 Å². The van der Waals surface area contributed by atoms with Crippen LogP contribution in [0.3, 0.4) is 0 Å². The van der Waals surface area contributed by atoms with Gasteiger partial charge < -0.3 is 10.1 Å². The van der Waals surface area contributed by atoms with E-state index in [9.17, 15) is 4.79 Å². The minimum Gasteiger partial charge on any atom is -0.493 e. The van der Waals surface area contributed by atoms with Crippen molar-refractivity contribution in [2.75, 3.05) is 20.2 Å². The molecule has 94 valence electrons. The van der Waals surface area contributed by atoms with Crippen LogP contribution in [-0.4, -0.2) is 35.8 Å². The monoisotopic (exact) mass is 237 g/mol. The number of carbonyl (C=O) groups is 1. The molecule has 1 N–H and O–H groups in total. The number of nitrogens with one attached hydrogen (secondary N) is 1. The molecule has 1 aromatic heterocycles. The van der Waals surface area contributed by atoms with Crippen LogP contribution in [0.1, 0.15) is 29.8 Å². The van der Waals surface area contributed by atoms with Crippen molar-refractivity contribution in [1.29, 1.82) is 0 Å². The van der Waals surface area contributed by atoms with Crippen molar-refractivity contribution >= 4 is 5.78 Å². The first-order valence-corrected chi connectivity index (χ1v) is 6.02. The zero-order chi connectivity index (χ0) is 12.3. The lowest BCUT2D eigenvalue weighted by molar-refractivity contribution is 0.0940. The Morgan fingerprint density at radius 2 is 2.29 bits per heavy atom. The van der Waals surface area contributed by atoms with Gasteiger partial charge in [0.2, 0.25) is 0 Å². The predicted octanol–water partition coefficient (Wildman–Crippen LogP) is 1.00. The molecule has 0 aromatic carbocycles. The highest BCUT2D eigenvalue weighted by atomic mass is 16.5. The normalized spacial score (nSPS) is 17.1. The van der Waals surface area contributed by atoms with Gasteiger partial charge in [0, 0.05) is 13.5 Å². The molecule has 0 amide bonds. The second-order valence-corrected chi connectivity index (χ2v) is 4.51. The quantitative estimate of drug-likeness (QED) is 0.794. The van der Waals surface area contributed by atoms with Crippen LogP contribution in [-0.2, 0) is 7.05 Å². The van der Waals surface area contributed by atoms with Crippen LogP contribution >= 0.6 is 0 Å². The molecule has 1 aliphatic heterocycles. The Kier molecular flexibility index (Phi) is 3.78. The summed E-state index contributed by atoms with van der Waals surface area (Å²) in [6.45, 7) is 2.03. The van der Waals surface area contributed by atoms with Crippen molar-refractivity contribution in [1.82, 2.24) is 15.1 Å². The minimum absolute atomic E-state index is 0.133. The molecule has 2 heterocycles. The third-order valence-electron chi connectivity index (χ3n) is 3.32. The van der Waals surface area contributed by atoms with E-state index in [-0.39, 0.29) is 5.78 Å². The molecule has 1 saturated heterocycles. The van der Waals surface area contributed by atoms with Gasteiger partial charge in [0.25, 0.3) is 0 Å². The lowest BCUT2D eigenvalue weighted by Gasteiger charge is -2.21. The number of hydrogen-bond acceptors (Lipinski definition) is 4. The Bertz CT molecular complexity index is 394. The number of aromatic nitrogens is 2. The summed E-state index contributed by atoms with van der Waals surface area (Å²) < 4.78 is 6.76. The number of Topliss-reactive ketones (excluding diaryl/α,β-unsaturated/α-hetero) is 1. The number of hydrogen-bond donors (Lipinski definition) is 1. The maximum Gasteiger partial charge on any atom is 0.184 e. The average molecular weight is 237 g/mol. The van der Waals surface area contributed by atoms with Gasteiger partial charge in [-0.05, 0) is 31.8 Å². The highest BCUT2D eigenvalue weighted by Crippen LogP contribution is 2.23. The summed E-state index contributed by atoms with van der Waals surface area (Å²) in [5, 5.41) is 7.36. The van der Waals surface area contributed by atoms with E-state index in [1.54, 1.807) is 25.0 Å². The van der Waals surface area contributed by atoms with E-state index in [1.165, 1.54) is 0 Å². The molecule has 0 saturated carbocycles. The molecular weight excluding hydrogens is 218 g/mol. The molecular formula is C12H19N3O2. The standard InChI is InChI=1S/C12H19N3O2/c1-15-12(11(17-2)8-14-15)10(16)7-9-3-5-13-6-4-9/h8-9,13H,3-7H2,1-2H3. The van der Waals surface area contributed by atoms with E-state index in [1.807, 2.05) is 0 Å². The van der Waals surface area contributed by atoms with Crippen molar-refractivity contribution < 1.29 is 9.53 Å². The summed E-state index contributed by atoms with van der Waals surface area (Å²) in [5.74, 6) is 1.20. The molecule has 1 aliphatic rings. The molecule has 0 bridgehead atoms. The largest absolute Gasteiger partial charge is 0.493 e. The molecule has 2 rings (SSSR count). The summed E-state index contributed by atoms with van der Waals surface area (Å²) in [6, 6.07) is 0. The maximum absolute atomic E-state index is 12.2. The molecule has 0 aliphatic carbocycles. The Morgan fingerprint density at radius 1 is 1.59 bits per heavy atom. The number of ketones is 1. The van der Waals surface area contributed by atoms with Gasteiger partial charge in [-0.1, -0.05) is 0 Å². The van der Waals surface area contributed by atoms with Gasteiger partial charge in [0.05, 0.1) is 13.3 Å². The van der Waals surface area contributed by atoms with Crippen LogP contribution in [0.2, 0.25) is 0 Å². The number of piperidine rings is 1. The fourth-order valence-electron chi connectivity index (χ4n) is 2.33. The van der Waals surface area contributed by atoms with Gasteiger partial charge in [0.1, 0.15) is 5.69 Å². The van der Waals surface area contributed by atoms with Crippen LogP contribution in [0.15, 0.2) is 6.20 Å². The van der Waals surface area contributed by atoms with Crippen molar-refractivity contribution in [3.8, 4) is 5.75 Å². The fraction of sp³-hybridized carbons (Fsp3) is 0.667. The highest BCUT2D eigenvalue weighted by molar-refractivity contribution is 5.97. The van der Waals surface area contributed by atoms with Gasteiger partial charge in [-0.15, -0.1) is 0 Å². The Balaban J connectivity index is 2.05. The van der Waals surface area contributed by atoms with Crippen LogP contribution in [0.25, 0.3) is 0 Å². The molecule has 0 spiro atoms. The van der Waals surface area contributed by atoms with Crippen molar-refractivity contribution in [2.45, 2.75) is 19.3 Å². The molecule has 5 heteroatoms. The summed E-state index contributed by atoms with van der Waals surface area (Å²) in [7, 11) is 3.34. The summed E-state index contributed by atoms with van der Waals surface area (Å²) in [4.78, 5) is 12.2. The van der Waals surface area contributed by atoms with E-state index < -0.39 is 0 Å². The zero-order valence-electron chi connectivity index (χ0n) is 10.4. The Labute approximate surface area is 101 Å². The summed E-state index contributed by atoms with van der Waals surface area (Å²) >= 11 is 0. The van der Waals surface area contributed by atoms with Crippen molar-refractivity contribution in [3.63, 3.8) is 0 Å². The number of aryl methyl sites for hydroxylation is 1. The highest BCUT2D eigenvalue weighted by Gasteiger charge is 2.22. The van der Waals surface area contributed by atoms with Crippen LogP contribution in [0, 0.1) is 5.92 Å². The molecule has 17 heavy (non-hydrogen) atoms. The molecule has 0 atom stereocenters. The third kappa shape index (κ3) is 2.66. The number of methoxy groups -OCH3 is 1. The lowest BCUT2D eigenvalue weighted by atomic mass is 9.92. The molecule has 1 aromatic rings. The van der Waals surface area contributed by atoms with Gasteiger partial charge in [-0.3, -0.25) is 9.48 Å². The minimum atomic E-state index is 0.133. The van der Waals surface area contributed by atoms with E-state index in [2.05, 4.69) is 10.4 Å². The van der Waals surface area contributed by atoms with Crippen molar-refractivity contribution in [3.05, 3.63) is 11.9 Å². The summed E-state index contributed by atoms with van der Waals surface area (Å²) in [6.07, 6.45) is 4.34. The number of ether oxygens (including phenoxy) is 1. The van der Waals surface area contributed by atoms with Gasteiger partial charge in [-0.25, -0.2) is 0 Å². The van der Waals surface area contributed by atoms with Crippen LogP contribution in [0.5, 0.6) is 5.75 Å². The predicted molar refractivity (Wildman–Crippen MR) is 64.3 cm³/mol. The van der Waals surface area contributed by atoms with E-state index in [0.717, 1.165) is 25.9 Å². The molecule has 5 nitrogen and oxygen atoms in total. The van der Waals surface area contributed by atoms with Gasteiger partial charge >= 0.3 is 0 Å². The number of rotatable bonds is 4. The lowest BCUT2D eigenvalue weighted by Crippen LogP contribution is -2.29. The van der Waals surface area contributed by atoms with Crippen LogP contribution in [0.4, 0.5) is 0 Å². The fourth-order valence-corrected chi connectivity index (χ4v) is 2.33.